The monoisotopic (exact) mass is 314 g/mol. The number of nitrogens with zero attached hydrogens (tertiary/aromatic N) is 1. The summed E-state index contributed by atoms with van der Waals surface area (Å²) in [5.41, 5.74) is 6.26. The number of fused-ring (bicyclic) bond motifs is 1. The van der Waals surface area contributed by atoms with Crippen molar-refractivity contribution >= 4 is 32.4 Å². The number of hydrogen-bond acceptors (Lipinski definition) is 3. The lowest BCUT2D eigenvalue weighted by atomic mass is 10.1. The molecule has 2 N–H and O–H groups in total. The van der Waals surface area contributed by atoms with Gasteiger partial charge in [-0.2, -0.15) is 0 Å². The third-order valence-corrected chi connectivity index (χ3v) is 3.35. The van der Waals surface area contributed by atoms with E-state index in [1.54, 1.807) is 12.3 Å². The van der Waals surface area contributed by atoms with Crippen LogP contribution in [0.3, 0.4) is 0 Å². The minimum atomic E-state index is 0.505. The molecule has 4 heteroatoms. The van der Waals surface area contributed by atoms with Crippen molar-refractivity contribution in [1.82, 2.24) is 4.98 Å². The highest BCUT2D eigenvalue weighted by Gasteiger charge is 2.07. The summed E-state index contributed by atoms with van der Waals surface area (Å²) in [5, 5.41) is 2.18. The second-order valence-corrected chi connectivity index (χ2v) is 4.99. The predicted octanol–water partition coefficient (Wildman–Crippen LogP) is 4.37. The van der Waals surface area contributed by atoms with Gasteiger partial charge in [-0.05, 0) is 33.4 Å². The summed E-state index contributed by atoms with van der Waals surface area (Å²) in [6.07, 6.45) is 1.57. The SMILES string of the molecule is Nc1cnc(Oc2cccc3ccccc23)c(Br)c1. The maximum atomic E-state index is 5.86. The van der Waals surface area contributed by atoms with Gasteiger partial charge >= 0.3 is 0 Å². The van der Waals surface area contributed by atoms with Crippen LogP contribution >= 0.6 is 15.9 Å². The topological polar surface area (TPSA) is 48.1 Å². The highest BCUT2D eigenvalue weighted by Crippen LogP contribution is 2.32. The van der Waals surface area contributed by atoms with Gasteiger partial charge in [0, 0.05) is 5.39 Å². The van der Waals surface area contributed by atoms with Crippen molar-refractivity contribution in [3.63, 3.8) is 0 Å². The molecule has 1 aromatic heterocycles. The summed E-state index contributed by atoms with van der Waals surface area (Å²) in [5.74, 6) is 1.28. The van der Waals surface area contributed by atoms with Crippen LogP contribution in [0.15, 0.2) is 59.2 Å². The van der Waals surface area contributed by atoms with E-state index in [1.165, 1.54) is 0 Å². The standard InChI is InChI=1S/C15H11BrN2O/c16-13-8-11(17)9-18-15(13)19-14-7-3-5-10-4-1-2-6-12(10)14/h1-9H,17H2. The molecule has 94 valence electrons. The molecule has 0 aliphatic rings. The van der Waals surface area contributed by atoms with Crippen molar-refractivity contribution < 1.29 is 4.74 Å². The van der Waals surface area contributed by atoms with Crippen LogP contribution in [0.2, 0.25) is 0 Å². The third-order valence-electron chi connectivity index (χ3n) is 2.78. The number of pyridine rings is 1. The van der Waals surface area contributed by atoms with Crippen molar-refractivity contribution in [3.8, 4) is 11.6 Å². The zero-order valence-corrected chi connectivity index (χ0v) is 11.6. The Labute approximate surface area is 119 Å². The molecule has 0 saturated heterocycles. The van der Waals surface area contributed by atoms with E-state index in [4.69, 9.17) is 10.5 Å². The molecule has 0 aliphatic heterocycles. The molecule has 0 amide bonds. The molecule has 0 unspecified atom stereocenters. The summed E-state index contributed by atoms with van der Waals surface area (Å²) in [6, 6.07) is 15.8. The molecule has 19 heavy (non-hydrogen) atoms. The molecular formula is C15H11BrN2O. The second kappa shape index (κ2) is 4.90. The average molecular weight is 315 g/mol. The number of ether oxygens (including phenoxy) is 1. The lowest BCUT2D eigenvalue weighted by Gasteiger charge is -2.09. The van der Waals surface area contributed by atoms with Crippen LogP contribution in [-0.2, 0) is 0 Å². The normalized spacial score (nSPS) is 10.6. The summed E-state index contributed by atoms with van der Waals surface area (Å²) >= 11 is 3.40. The molecule has 3 nitrogen and oxygen atoms in total. The first-order chi connectivity index (χ1) is 9.24. The fourth-order valence-electron chi connectivity index (χ4n) is 1.90. The van der Waals surface area contributed by atoms with Crippen LogP contribution in [0.25, 0.3) is 10.8 Å². The minimum Gasteiger partial charge on any atom is -0.437 e. The van der Waals surface area contributed by atoms with Gasteiger partial charge in [-0.15, -0.1) is 0 Å². The summed E-state index contributed by atoms with van der Waals surface area (Å²) in [4.78, 5) is 4.19. The average Bonchev–Trinajstić information content (AvgIpc) is 2.42. The summed E-state index contributed by atoms with van der Waals surface area (Å²) < 4.78 is 6.60. The van der Waals surface area contributed by atoms with E-state index in [0.29, 0.717) is 11.6 Å². The Hall–Kier alpha value is -2.07. The summed E-state index contributed by atoms with van der Waals surface area (Å²) in [6.45, 7) is 0. The van der Waals surface area contributed by atoms with E-state index in [1.807, 2.05) is 42.5 Å². The molecule has 0 fully saturated rings. The molecule has 3 rings (SSSR count). The quantitative estimate of drug-likeness (QED) is 0.764. The Bertz CT molecular complexity index is 738. The molecule has 3 aromatic rings. The zero-order chi connectivity index (χ0) is 13.2. The van der Waals surface area contributed by atoms with Crippen LogP contribution in [-0.4, -0.2) is 4.98 Å². The Balaban J connectivity index is 2.06. The van der Waals surface area contributed by atoms with E-state index in [0.717, 1.165) is 21.0 Å². The zero-order valence-electron chi connectivity index (χ0n) is 10.0. The first-order valence-electron chi connectivity index (χ1n) is 5.81. The third kappa shape index (κ3) is 2.39. The van der Waals surface area contributed by atoms with Gasteiger partial charge in [0.1, 0.15) is 5.75 Å². The van der Waals surface area contributed by atoms with Crippen molar-refractivity contribution in [2.24, 2.45) is 0 Å². The first-order valence-corrected chi connectivity index (χ1v) is 6.60. The van der Waals surface area contributed by atoms with Gasteiger partial charge in [-0.1, -0.05) is 36.4 Å². The van der Waals surface area contributed by atoms with E-state index >= 15 is 0 Å². The molecule has 1 heterocycles. The van der Waals surface area contributed by atoms with Gasteiger partial charge in [0.05, 0.1) is 16.4 Å². The number of hydrogen-bond donors (Lipinski definition) is 1. The molecular weight excluding hydrogens is 304 g/mol. The van der Waals surface area contributed by atoms with E-state index in [2.05, 4.69) is 20.9 Å². The van der Waals surface area contributed by atoms with Gasteiger partial charge in [-0.3, -0.25) is 0 Å². The van der Waals surface area contributed by atoms with E-state index in [9.17, 15) is 0 Å². The molecule has 2 aromatic carbocycles. The summed E-state index contributed by atoms with van der Waals surface area (Å²) in [7, 11) is 0. The van der Waals surface area contributed by atoms with Crippen molar-refractivity contribution in [3.05, 3.63) is 59.2 Å². The molecule has 0 radical (unpaired) electrons. The number of benzene rings is 2. The van der Waals surface area contributed by atoms with Crippen LogP contribution < -0.4 is 10.5 Å². The highest BCUT2D eigenvalue weighted by molar-refractivity contribution is 9.10. The number of anilines is 1. The number of nitrogens with two attached hydrogens (primary N) is 1. The highest BCUT2D eigenvalue weighted by atomic mass is 79.9. The molecule has 0 spiro atoms. The van der Waals surface area contributed by atoms with Gasteiger partial charge in [0.15, 0.2) is 0 Å². The number of nitrogen functional groups attached to an aromatic ring is 1. The predicted molar refractivity (Wildman–Crippen MR) is 80.4 cm³/mol. The molecule has 0 aliphatic carbocycles. The molecule has 0 saturated carbocycles. The Kier molecular flexibility index (Phi) is 3.09. The van der Waals surface area contributed by atoms with Gasteiger partial charge in [0.25, 0.3) is 0 Å². The maximum Gasteiger partial charge on any atom is 0.233 e. The van der Waals surface area contributed by atoms with Crippen LogP contribution in [0.1, 0.15) is 0 Å². The van der Waals surface area contributed by atoms with Crippen LogP contribution in [0, 0.1) is 0 Å². The Morgan fingerprint density at radius 2 is 1.84 bits per heavy atom. The van der Waals surface area contributed by atoms with Crippen molar-refractivity contribution in [2.45, 2.75) is 0 Å². The van der Waals surface area contributed by atoms with Crippen LogP contribution in [0.4, 0.5) is 5.69 Å². The van der Waals surface area contributed by atoms with Crippen LogP contribution in [0.5, 0.6) is 11.6 Å². The van der Waals surface area contributed by atoms with Gasteiger partial charge in [0.2, 0.25) is 5.88 Å². The van der Waals surface area contributed by atoms with Crippen molar-refractivity contribution in [2.75, 3.05) is 5.73 Å². The largest absolute Gasteiger partial charge is 0.437 e. The lowest BCUT2D eigenvalue weighted by molar-refractivity contribution is 0.465. The van der Waals surface area contributed by atoms with E-state index < -0.39 is 0 Å². The molecule has 0 bridgehead atoms. The van der Waals surface area contributed by atoms with Gasteiger partial charge < -0.3 is 10.5 Å². The fraction of sp³-hybridized carbons (Fsp3) is 0. The smallest absolute Gasteiger partial charge is 0.233 e. The maximum absolute atomic E-state index is 5.86. The number of rotatable bonds is 2. The first kappa shape index (κ1) is 12.0. The minimum absolute atomic E-state index is 0.505. The fourth-order valence-corrected chi connectivity index (χ4v) is 2.35. The number of halogens is 1. The van der Waals surface area contributed by atoms with Gasteiger partial charge in [-0.25, -0.2) is 4.98 Å². The number of aromatic nitrogens is 1. The van der Waals surface area contributed by atoms with Crippen molar-refractivity contribution in [1.29, 1.82) is 0 Å². The Morgan fingerprint density at radius 3 is 2.68 bits per heavy atom. The van der Waals surface area contributed by atoms with E-state index in [-0.39, 0.29) is 0 Å². The second-order valence-electron chi connectivity index (χ2n) is 4.13. The lowest BCUT2D eigenvalue weighted by Crippen LogP contribution is -1.92. The molecule has 0 atom stereocenters. The Morgan fingerprint density at radius 1 is 1.05 bits per heavy atom.